The first-order valence-electron chi connectivity index (χ1n) is 7.27. The highest BCUT2D eigenvalue weighted by Crippen LogP contribution is 2.25. The highest BCUT2D eigenvalue weighted by molar-refractivity contribution is 7.92. The summed E-state index contributed by atoms with van der Waals surface area (Å²) in [7, 11) is -3.20. The third-order valence-corrected chi connectivity index (χ3v) is 6.64. The fourth-order valence-corrected chi connectivity index (χ4v) is 4.29. The average molecular weight is 305 g/mol. The summed E-state index contributed by atoms with van der Waals surface area (Å²) in [5.41, 5.74) is 7.10. The van der Waals surface area contributed by atoms with Gasteiger partial charge in [0.15, 0.2) is 9.84 Å². The summed E-state index contributed by atoms with van der Waals surface area (Å²) in [6.45, 7) is 5.60. The SMILES string of the molecule is CC(C)C(C)S(=O)(=O)CC(N)c1cccc2ccccc12. The van der Waals surface area contributed by atoms with Crippen molar-refractivity contribution in [2.24, 2.45) is 11.7 Å². The lowest BCUT2D eigenvalue weighted by Gasteiger charge is -2.20. The fourth-order valence-electron chi connectivity index (χ4n) is 2.48. The highest BCUT2D eigenvalue weighted by atomic mass is 32.2. The van der Waals surface area contributed by atoms with Crippen LogP contribution in [0.15, 0.2) is 42.5 Å². The molecule has 0 saturated heterocycles. The van der Waals surface area contributed by atoms with E-state index < -0.39 is 15.9 Å². The van der Waals surface area contributed by atoms with Gasteiger partial charge in [0.25, 0.3) is 0 Å². The quantitative estimate of drug-likeness (QED) is 0.922. The van der Waals surface area contributed by atoms with Crippen LogP contribution in [0.1, 0.15) is 32.4 Å². The van der Waals surface area contributed by atoms with Crippen LogP contribution in [0, 0.1) is 5.92 Å². The first kappa shape index (κ1) is 16.0. The average Bonchev–Trinajstić information content (AvgIpc) is 2.45. The molecular weight excluding hydrogens is 282 g/mol. The fraction of sp³-hybridized carbons (Fsp3) is 0.412. The molecule has 0 saturated carbocycles. The Morgan fingerprint density at radius 2 is 1.62 bits per heavy atom. The van der Waals surface area contributed by atoms with Gasteiger partial charge in [0.1, 0.15) is 0 Å². The minimum absolute atomic E-state index is 0.0135. The van der Waals surface area contributed by atoms with Crippen molar-refractivity contribution in [3.05, 3.63) is 48.0 Å². The van der Waals surface area contributed by atoms with Crippen molar-refractivity contribution in [1.82, 2.24) is 0 Å². The van der Waals surface area contributed by atoms with E-state index in [-0.39, 0.29) is 16.9 Å². The van der Waals surface area contributed by atoms with Crippen LogP contribution in [0.25, 0.3) is 10.8 Å². The molecule has 2 atom stereocenters. The number of nitrogens with two attached hydrogens (primary N) is 1. The van der Waals surface area contributed by atoms with Gasteiger partial charge in [-0.1, -0.05) is 56.3 Å². The molecule has 0 fully saturated rings. The van der Waals surface area contributed by atoms with Crippen LogP contribution in [0.5, 0.6) is 0 Å². The first-order valence-corrected chi connectivity index (χ1v) is 8.99. The molecule has 0 aliphatic heterocycles. The Kier molecular flexibility index (Phi) is 4.69. The maximum absolute atomic E-state index is 12.4. The molecule has 2 N–H and O–H groups in total. The number of sulfone groups is 1. The molecule has 4 heteroatoms. The van der Waals surface area contributed by atoms with Crippen molar-refractivity contribution < 1.29 is 8.42 Å². The number of hydrogen-bond acceptors (Lipinski definition) is 3. The molecule has 0 bridgehead atoms. The zero-order chi connectivity index (χ0) is 15.6. The van der Waals surface area contributed by atoms with E-state index >= 15 is 0 Å². The predicted molar refractivity (Wildman–Crippen MR) is 89.0 cm³/mol. The number of fused-ring (bicyclic) bond motifs is 1. The molecule has 2 rings (SSSR count). The zero-order valence-corrected chi connectivity index (χ0v) is 13.6. The summed E-state index contributed by atoms with van der Waals surface area (Å²) >= 11 is 0. The van der Waals surface area contributed by atoms with Gasteiger partial charge in [-0.3, -0.25) is 0 Å². The maximum atomic E-state index is 12.4. The summed E-state index contributed by atoms with van der Waals surface area (Å²) in [5.74, 6) is 0.0788. The normalized spacial score (nSPS) is 15.3. The van der Waals surface area contributed by atoms with Gasteiger partial charge in [-0.2, -0.15) is 0 Å². The molecule has 2 aromatic carbocycles. The van der Waals surface area contributed by atoms with Crippen LogP contribution in [0.2, 0.25) is 0 Å². The minimum Gasteiger partial charge on any atom is -0.323 e. The third-order valence-electron chi connectivity index (χ3n) is 4.14. The summed E-state index contributed by atoms with van der Waals surface area (Å²) < 4.78 is 24.8. The topological polar surface area (TPSA) is 60.2 Å². The molecule has 0 heterocycles. The Bertz CT molecular complexity index is 717. The number of hydrogen-bond donors (Lipinski definition) is 1. The van der Waals surface area contributed by atoms with Gasteiger partial charge in [0.2, 0.25) is 0 Å². The van der Waals surface area contributed by atoms with E-state index in [1.807, 2.05) is 56.3 Å². The van der Waals surface area contributed by atoms with Crippen molar-refractivity contribution in [3.8, 4) is 0 Å². The highest BCUT2D eigenvalue weighted by Gasteiger charge is 2.27. The van der Waals surface area contributed by atoms with Crippen molar-refractivity contribution in [1.29, 1.82) is 0 Å². The summed E-state index contributed by atoms with van der Waals surface area (Å²) in [6, 6.07) is 13.3. The van der Waals surface area contributed by atoms with Gasteiger partial charge in [-0.15, -0.1) is 0 Å². The van der Waals surface area contributed by atoms with Crippen LogP contribution >= 0.6 is 0 Å². The van der Waals surface area contributed by atoms with Crippen molar-refractivity contribution in [2.45, 2.75) is 32.1 Å². The Balaban J connectivity index is 2.33. The van der Waals surface area contributed by atoms with Crippen molar-refractivity contribution in [3.63, 3.8) is 0 Å². The molecule has 0 aliphatic rings. The van der Waals surface area contributed by atoms with Gasteiger partial charge in [-0.25, -0.2) is 8.42 Å². The lowest BCUT2D eigenvalue weighted by Crippen LogP contribution is -2.31. The molecule has 0 spiro atoms. The van der Waals surface area contributed by atoms with Crippen LogP contribution < -0.4 is 5.73 Å². The molecule has 114 valence electrons. The Morgan fingerprint density at radius 3 is 2.29 bits per heavy atom. The second-order valence-electron chi connectivity index (χ2n) is 5.95. The van der Waals surface area contributed by atoms with Crippen LogP contribution in [-0.4, -0.2) is 19.4 Å². The smallest absolute Gasteiger partial charge is 0.155 e. The predicted octanol–water partition coefficient (Wildman–Crippen LogP) is 3.30. The summed E-state index contributed by atoms with van der Waals surface area (Å²) in [4.78, 5) is 0. The molecule has 0 aromatic heterocycles. The zero-order valence-electron chi connectivity index (χ0n) is 12.8. The monoisotopic (exact) mass is 305 g/mol. The molecular formula is C17H23NO2S. The molecule has 0 amide bonds. The van der Waals surface area contributed by atoms with Gasteiger partial charge < -0.3 is 5.73 Å². The van der Waals surface area contributed by atoms with Crippen LogP contribution in [-0.2, 0) is 9.84 Å². The lowest BCUT2D eigenvalue weighted by molar-refractivity contribution is 0.541. The number of rotatable bonds is 5. The van der Waals surface area contributed by atoms with E-state index in [9.17, 15) is 8.42 Å². The van der Waals surface area contributed by atoms with Gasteiger partial charge >= 0.3 is 0 Å². The van der Waals surface area contributed by atoms with E-state index in [0.717, 1.165) is 16.3 Å². The summed E-state index contributed by atoms with van der Waals surface area (Å²) in [6.07, 6.45) is 0. The van der Waals surface area contributed by atoms with E-state index in [1.165, 1.54) is 0 Å². The largest absolute Gasteiger partial charge is 0.323 e. The Hall–Kier alpha value is -1.39. The van der Waals surface area contributed by atoms with Crippen molar-refractivity contribution >= 4 is 20.6 Å². The summed E-state index contributed by atoms with van der Waals surface area (Å²) in [5, 5.41) is 1.73. The van der Waals surface area contributed by atoms with Gasteiger partial charge in [0, 0.05) is 6.04 Å². The molecule has 21 heavy (non-hydrogen) atoms. The van der Waals surface area contributed by atoms with E-state index in [1.54, 1.807) is 6.92 Å². The van der Waals surface area contributed by atoms with Crippen molar-refractivity contribution in [2.75, 3.05) is 5.75 Å². The van der Waals surface area contributed by atoms with Crippen LogP contribution in [0.4, 0.5) is 0 Å². The van der Waals surface area contributed by atoms with Crippen LogP contribution in [0.3, 0.4) is 0 Å². The standard InChI is InChI=1S/C17H23NO2S/c1-12(2)13(3)21(19,20)11-17(18)16-10-6-8-14-7-4-5-9-15(14)16/h4-10,12-13,17H,11,18H2,1-3H3. The first-order chi connectivity index (χ1) is 9.83. The second kappa shape index (κ2) is 6.16. The molecule has 2 aromatic rings. The Labute approximate surface area is 127 Å². The number of benzene rings is 2. The van der Waals surface area contributed by atoms with E-state index in [4.69, 9.17) is 5.73 Å². The minimum atomic E-state index is -3.20. The van der Waals surface area contributed by atoms with E-state index in [0.29, 0.717) is 0 Å². The molecule has 0 radical (unpaired) electrons. The third kappa shape index (κ3) is 3.44. The van der Waals surface area contributed by atoms with Gasteiger partial charge in [-0.05, 0) is 29.2 Å². The maximum Gasteiger partial charge on any atom is 0.155 e. The molecule has 3 nitrogen and oxygen atoms in total. The second-order valence-corrected chi connectivity index (χ2v) is 8.36. The van der Waals surface area contributed by atoms with Gasteiger partial charge in [0.05, 0.1) is 11.0 Å². The van der Waals surface area contributed by atoms with E-state index in [2.05, 4.69) is 0 Å². The lowest BCUT2D eigenvalue weighted by atomic mass is 10.0. The Morgan fingerprint density at radius 1 is 1.00 bits per heavy atom. The molecule has 2 unspecified atom stereocenters. The molecule has 0 aliphatic carbocycles.